The quantitative estimate of drug-likeness (QED) is 0.177. The van der Waals surface area contributed by atoms with Gasteiger partial charge in [0.05, 0.1) is 13.2 Å². The van der Waals surface area contributed by atoms with Crippen molar-refractivity contribution in [2.24, 2.45) is 5.11 Å². The largest absolute Gasteiger partial charge is 0.467 e. The van der Waals surface area contributed by atoms with Gasteiger partial charge in [-0.3, -0.25) is 14.3 Å². The maximum atomic E-state index is 12.6. The second kappa shape index (κ2) is 11.0. The van der Waals surface area contributed by atoms with Gasteiger partial charge in [0.2, 0.25) is 0 Å². The van der Waals surface area contributed by atoms with Crippen molar-refractivity contribution in [2.45, 2.75) is 44.2 Å². The van der Waals surface area contributed by atoms with Crippen molar-refractivity contribution < 1.29 is 23.8 Å². The van der Waals surface area contributed by atoms with Crippen molar-refractivity contribution >= 4 is 23.0 Å². The van der Waals surface area contributed by atoms with Crippen molar-refractivity contribution in [3.8, 4) is 0 Å². The number of carbonyl (C=O) groups is 2. The number of carbonyl (C=O) groups excluding carboxylic acids is 2. The molecule has 194 valence electrons. The molecule has 14 nitrogen and oxygen atoms in total. The molecule has 0 aliphatic carbocycles. The van der Waals surface area contributed by atoms with E-state index in [1.807, 2.05) is 24.3 Å². The molecule has 1 unspecified atom stereocenters. The van der Waals surface area contributed by atoms with Gasteiger partial charge < -0.3 is 24.5 Å². The molecular formula is C23H25N7O7. The number of aromatic amines is 2. The molecule has 1 saturated heterocycles. The van der Waals surface area contributed by atoms with Gasteiger partial charge in [-0.15, -0.1) is 0 Å². The van der Waals surface area contributed by atoms with E-state index in [1.54, 1.807) is 6.20 Å². The number of aryl methyl sites for hydroxylation is 1. The molecule has 3 N–H and O–H groups in total. The lowest BCUT2D eigenvalue weighted by atomic mass is 10.1. The molecule has 3 heterocycles. The van der Waals surface area contributed by atoms with E-state index in [-0.39, 0.29) is 19.4 Å². The fourth-order valence-electron chi connectivity index (χ4n) is 4.22. The summed E-state index contributed by atoms with van der Waals surface area (Å²) in [7, 11) is 1.22. The molecule has 14 heteroatoms. The molecule has 4 atom stereocenters. The molecule has 1 aliphatic heterocycles. The van der Waals surface area contributed by atoms with E-state index in [0.29, 0.717) is 5.56 Å². The summed E-state index contributed by atoms with van der Waals surface area (Å²) in [4.78, 5) is 56.9. The smallest absolute Gasteiger partial charge is 0.407 e. The lowest BCUT2D eigenvalue weighted by molar-refractivity contribution is -0.143. The van der Waals surface area contributed by atoms with Gasteiger partial charge in [0.15, 0.2) is 0 Å². The molecule has 1 aliphatic rings. The average Bonchev–Trinajstić information content (AvgIpc) is 3.48. The van der Waals surface area contributed by atoms with Crippen LogP contribution < -0.4 is 16.6 Å². The molecular weight excluding hydrogens is 486 g/mol. The molecule has 1 fully saturated rings. The number of hydrogen-bond acceptors (Lipinski definition) is 8. The minimum absolute atomic E-state index is 0.121. The fraction of sp³-hybridized carbons (Fsp3) is 0.391. The number of methoxy groups -OCH3 is 1. The second-order valence-corrected chi connectivity index (χ2v) is 8.50. The summed E-state index contributed by atoms with van der Waals surface area (Å²) in [5.74, 6) is -0.654. The van der Waals surface area contributed by atoms with Gasteiger partial charge in [-0.2, -0.15) is 0 Å². The number of benzene rings is 1. The third-order valence-electron chi connectivity index (χ3n) is 6.12. The van der Waals surface area contributed by atoms with Gasteiger partial charge in [-0.05, 0) is 24.1 Å². The number of hydrogen-bond donors (Lipinski definition) is 3. The van der Waals surface area contributed by atoms with E-state index in [2.05, 4.69) is 25.3 Å². The summed E-state index contributed by atoms with van der Waals surface area (Å²) in [6.07, 6.45) is 0.765. The molecule has 1 aromatic carbocycles. The monoisotopic (exact) mass is 511 g/mol. The molecule has 0 spiro atoms. The van der Waals surface area contributed by atoms with E-state index in [9.17, 15) is 19.2 Å². The summed E-state index contributed by atoms with van der Waals surface area (Å²) in [6, 6.07) is 5.77. The van der Waals surface area contributed by atoms with Crippen LogP contribution in [0.25, 0.3) is 21.3 Å². The Kier molecular flexibility index (Phi) is 7.60. The first kappa shape index (κ1) is 25.5. The zero-order valence-electron chi connectivity index (χ0n) is 20.0. The van der Waals surface area contributed by atoms with Crippen LogP contribution >= 0.6 is 0 Å². The van der Waals surface area contributed by atoms with Crippen LogP contribution in [0.1, 0.15) is 23.8 Å². The summed E-state index contributed by atoms with van der Waals surface area (Å²) in [6.45, 7) is 1.22. The van der Waals surface area contributed by atoms with Crippen LogP contribution in [0.15, 0.2) is 51.4 Å². The van der Waals surface area contributed by atoms with Gasteiger partial charge in [0, 0.05) is 46.6 Å². The molecule has 4 rings (SSSR count). The molecule has 37 heavy (non-hydrogen) atoms. The SMILES string of the molecule is COC(=O)[C@H](Cc1c[nH]c2ccccc12)NC(=O)OC[C@H]1O[C@@H](n2cc(C)c(=O)[nH]c2=O)CC1N=[N+]=[N-]. The predicted molar refractivity (Wildman–Crippen MR) is 130 cm³/mol. The molecule has 0 saturated carbocycles. The Morgan fingerprint density at radius 1 is 1.35 bits per heavy atom. The van der Waals surface area contributed by atoms with Crippen molar-refractivity contribution in [1.29, 1.82) is 0 Å². The Hall–Kier alpha value is -4.55. The number of nitrogens with zero attached hydrogens (tertiary/aromatic N) is 4. The minimum atomic E-state index is -1.02. The Labute approximate surface area is 209 Å². The number of azide groups is 1. The summed E-state index contributed by atoms with van der Waals surface area (Å²) >= 11 is 0. The number of esters is 1. The molecule has 3 aromatic rings. The van der Waals surface area contributed by atoms with Crippen LogP contribution in [0.5, 0.6) is 0 Å². The van der Waals surface area contributed by atoms with E-state index in [0.717, 1.165) is 16.5 Å². The lowest BCUT2D eigenvalue weighted by Crippen LogP contribution is -2.44. The zero-order valence-corrected chi connectivity index (χ0v) is 20.0. The first-order chi connectivity index (χ1) is 17.8. The second-order valence-electron chi connectivity index (χ2n) is 8.50. The summed E-state index contributed by atoms with van der Waals surface area (Å²) in [5.41, 5.74) is 9.72. The Morgan fingerprint density at radius 3 is 2.89 bits per heavy atom. The van der Waals surface area contributed by atoms with Crippen molar-refractivity contribution in [3.63, 3.8) is 0 Å². The third kappa shape index (κ3) is 5.66. The molecule has 0 bridgehead atoms. The maximum Gasteiger partial charge on any atom is 0.407 e. The van der Waals surface area contributed by atoms with E-state index < -0.39 is 47.7 Å². The first-order valence-corrected chi connectivity index (χ1v) is 11.4. The lowest BCUT2D eigenvalue weighted by Gasteiger charge is -2.19. The number of alkyl carbamates (subject to hydrolysis) is 1. The topological polar surface area (TPSA) is 193 Å². The van der Waals surface area contributed by atoms with Crippen LogP contribution in [0.4, 0.5) is 4.79 Å². The number of fused-ring (bicyclic) bond motifs is 1. The van der Waals surface area contributed by atoms with Crippen LogP contribution in [-0.4, -0.2) is 58.5 Å². The molecule has 2 aromatic heterocycles. The van der Waals surface area contributed by atoms with Gasteiger partial charge in [0.1, 0.15) is 25.0 Å². The minimum Gasteiger partial charge on any atom is -0.467 e. The van der Waals surface area contributed by atoms with Gasteiger partial charge in [-0.25, -0.2) is 14.4 Å². The predicted octanol–water partition coefficient (Wildman–Crippen LogP) is 1.80. The number of aromatic nitrogens is 3. The van der Waals surface area contributed by atoms with Crippen LogP contribution in [0.3, 0.4) is 0 Å². The highest BCUT2D eigenvalue weighted by Gasteiger charge is 2.37. The Morgan fingerprint density at radius 2 is 2.14 bits per heavy atom. The Bertz CT molecular complexity index is 1470. The molecule has 1 amide bonds. The highest BCUT2D eigenvalue weighted by molar-refractivity contribution is 5.86. The standard InChI is InChI=1S/C23H25N7O7/c1-12-10-30(22(33)27-20(12)31)19-8-16(28-29-24)18(37-19)11-36-23(34)26-17(21(32)35-2)7-13-9-25-15-6-4-3-5-14(13)15/h3-6,9-10,16-19,25H,7-8,11H2,1-2H3,(H,26,34)(H,27,31,33)/t16?,17-,18+,19+/m0/s1. The number of nitrogens with one attached hydrogen (secondary N) is 3. The highest BCUT2D eigenvalue weighted by atomic mass is 16.6. The van der Waals surface area contributed by atoms with Crippen molar-refractivity contribution in [1.82, 2.24) is 19.9 Å². The number of para-hydroxylation sites is 1. The van der Waals surface area contributed by atoms with E-state index in [1.165, 1.54) is 24.8 Å². The fourth-order valence-corrected chi connectivity index (χ4v) is 4.22. The van der Waals surface area contributed by atoms with Crippen LogP contribution in [0, 0.1) is 6.92 Å². The third-order valence-corrected chi connectivity index (χ3v) is 6.12. The summed E-state index contributed by atoms with van der Waals surface area (Å²) in [5, 5.41) is 7.10. The highest BCUT2D eigenvalue weighted by Crippen LogP contribution is 2.30. The van der Waals surface area contributed by atoms with Gasteiger partial charge in [0.25, 0.3) is 5.56 Å². The number of H-pyrrole nitrogens is 2. The van der Waals surface area contributed by atoms with Crippen LogP contribution in [-0.2, 0) is 25.4 Å². The zero-order chi connectivity index (χ0) is 26.5. The number of amides is 1. The Balaban J connectivity index is 1.42. The van der Waals surface area contributed by atoms with Crippen molar-refractivity contribution in [3.05, 3.63) is 79.1 Å². The first-order valence-electron chi connectivity index (χ1n) is 11.4. The maximum absolute atomic E-state index is 12.6. The molecule has 0 radical (unpaired) electrons. The number of ether oxygens (including phenoxy) is 3. The normalized spacial score (nSPS) is 19.7. The van der Waals surface area contributed by atoms with Gasteiger partial charge >= 0.3 is 17.8 Å². The average molecular weight is 511 g/mol. The summed E-state index contributed by atoms with van der Waals surface area (Å²) < 4.78 is 17.1. The van der Waals surface area contributed by atoms with Crippen LogP contribution in [0.2, 0.25) is 0 Å². The van der Waals surface area contributed by atoms with Crippen molar-refractivity contribution in [2.75, 3.05) is 13.7 Å². The van der Waals surface area contributed by atoms with E-state index >= 15 is 0 Å². The van der Waals surface area contributed by atoms with E-state index in [4.69, 9.17) is 19.7 Å². The van der Waals surface area contributed by atoms with Gasteiger partial charge in [-0.1, -0.05) is 23.3 Å². The number of rotatable bonds is 8.